The third-order valence-corrected chi connectivity index (χ3v) is 1.50. The third-order valence-electron chi connectivity index (χ3n) is 1.50. The zero-order valence-electron chi connectivity index (χ0n) is 7.73. The van der Waals surface area contributed by atoms with Crippen LogP contribution in [0.2, 0.25) is 0 Å². The van der Waals surface area contributed by atoms with Crippen molar-refractivity contribution in [2.24, 2.45) is 5.73 Å². The lowest BCUT2D eigenvalue weighted by molar-refractivity contribution is 0.327. The molecule has 0 unspecified atom stereocenters. The van der Waals surface area contributed by atoms with Gasteiger partial charge in [0.1, 0.15) is 0 Å². The van der Waals surface area contributed by atoms with Crippen molar-refractivity contribution in [2.45, 2.75) is 6.92 Å². The molecule has 13 heavy (non-hydrogen) atoms. The molecule has 0 aliphatic rings. The first-order valence-electron chi connectivity index (χ1n) is 4.32. The fraction of sp³-hybridized carbons (Fsp3) is 0.300. The molecule has 1 aromatic heterocycles. The van der Waals surface area contributed by atoms with Crippen LogP contribution in [0.4, 0.5) is 0 Å². The predicted molar refractivity (Wildman–Crippen MR) is 53.5 cm³/mol. The standard InChI is InChI=1S/C10H14N2O/c1-2-13-10-6-5-9(8-12-10)4-3-7-11/h3-6,8H,2,7,11H2,1H3. The van der Waals surface area contributed by atoms with Gasteiger partial charge >= 0.3 is 0 Å². The molecule has 0 atom stereocenters. The smallest absolute Gasteiger partial charge is 0.213 e. The van der Waals surface area contributed by atoms with E-state index in [4.69, 9.17) is 10.5 Å². The number of hydrogen-bond donors (Lipinski definition) is 1. The molecule has 0 spiro atoms. The van der Waals surface area contributed by atoms with Crippen LogP contribution in [0.5, 0.6) is 5.88 Å². The summed E-state index contributed by atoms with van der Waals surface area (Å²) >= 11 is 0. The van der Waals surface area contributed by atoms with Gasteiger partial charge in [-0.15, -0.1) is 0 Å². The van der Waals surface area contributed by atoms with Crippen LogP contribution in [-0.2, 0) is 0 Å². The van der Waals surface area contributed by atoms with E-state index in [0.717, 1.165) is 5.56 Å². The van der Waals surface area contributed by atoms with E-state index >= 15 is 0 Å². The fourth-order valence-corrected chi connectivity index (χ4v) is 0.928. The number of hydrogen-bond acceptors (Lipinski definition) is 3. The molecule has 0 bridgehead atoms. The minimum Gasteiger partial charge on any atom is -0.478 e. The molecular formula is C10H14N2O. The van der Waals surface area contributed by atoms with Gasteiger partial charge in [-0.25, -0.2) is 4.98 Å². The number of nitrogens with two attached hydrogens (primary N) is 1. The summed E-state index contributed by atoms with van der Waals surface area (Å²) in [6.45, 7) is 3.13. The number of nitrogens with zero attached hydrogens (tertiary/aromatic N) is 1. The Morgan fingerprint density at radius 2 is 2.38 bits per heavy atom. The van der Waals surface area contributed by atoms with E-state index < -0.39 is 0 Å². The van der Waals surface area contributed by atoms with E-state index in [1.807, 2.05) is 31.2 Å². The van der Waals surface area contributed by atoms with Gasteiger partial charge in [0.25, 0.3) is 0 Å². The summed E-state index contributed by atoms with van der Waals surface area (Å²) in [5.41, 5.74) is 6.36. The van der Waals surface area contributed by atoms with Crippen LogP contribution in [0.3, 0.4) is 0 Å². The monoisotopic (exact) mass is 178 g/mol. The van der Waals surface area contributed by atoms with Gasteiger partial charge in [0.05, 0.1) is 6.61 Å². The lowest BCUT2D eigenvalue weighted by Crippen LogP contribution is -1.94. The SMILES string of the molecule is CCOc1ccc(C=CCN)cn1. The van der Waals surface area contributed by atoms with Crippen molar-refractivity contribution in [3.63, 3.8) is 0 Å². The van der Waals surface area contributed by atoms with E-state index in [0.29, 0.717) is 19.0 Å². The summed E-state index contributed by atoms with van der Waals surface area (Å²) in [6, 6.07) is 3.80. The minimum absolute atomic E-state index is 0.549. The van der Waals surface area contributed by atoms with Crippen molar-refractivity contribution in [1.82, 2.24) is 4.98 Å². The van der Waals surface area contributed by atoms with E-state index in [2.05, 4.69) is 4.98 Å². The predicted octanol–water partition coefficient (Wildman–Crippen LogP) is 1.45. The van der Waals surface area contributed by atoms with Crippen molar-refractivity contribution in [1.29, 1.82) is 0 Å². The summed E-state index contributed by atoms with van der Waals surface area (Å²) in [5, 5.41) is 0. The maximum absolute atomic E-state index is 5.32. The van der Waals surface area contributed by atoms with Gasteiger partial charge in [-0.3, -0.25) is 0 Å². The zero-order valence-corrected chi connectivity index (χ0v) is 7.73. The molecule has 1 heterocycles. The Bertz CT molecular complexity index is 267. The minimum atomic E-state index is 0.549. The van der Waals surface area contributed by atoms with Crippen LogP contribution in [0.15, 0.2) is 24.4 Å². The Morgan fingerprint density at radius 3 is 2.92 bits per heavy atom. The maximum atomic E-state index is 5.32. The quantitative estimate of drug-likeness (QED) is 0.759. The molecular weight excluding hydrogens is 164 g/mol. The Hall–Kier alpha value is -1.35. The third kappa shape index (κ3) is 3.25. The summed E-state index contributed by atoms with van der Waals surface area (Å²) in [5.74, 6) is 0.660. The molecule has 0 saturated heterocycles. The van der Waals surface area contributed by atoms with Crippen molar-refractivity contribution in [3.8, 4) is 5.88 Å². The molecule has 3 nitrogen and oxygen atoms in total. The molecule has 0 amide bonds. The summed E-state index contributed by atoms with van der Waals surface area (Å²) < 4.78 is 5.21. The Morgan fingerprint density at radius 1 is 1.54 bits per heavy atom. The van der Waals surface area contributed by atoms with Crippen LogP contribution in [0.25, 0.3) is 6.08 Å². The number of pyridine rings is 1. The van der Waals surface area contributed by atoms with Gasteiger partial charge in [-0.05, 0) is 18.6 Å². The Balaban J connectivity index is 2.64. The highest BCUT2D eigenvalue weighted by Gasteiger charge is 1.91. The van der Waals surface area contributed by atoms with E-state index in [9.17, 15) is 0 Å². The molecule has 0 aromatic carbocycles. The van der Waals surface area contributed by atoms with Gasteiger partial charge in [0.2, 0.25) is 5.88 Å². The van der Waals surface area contributed by atoms with Crippen molar-refractivity contribution < 1.29 is 4.74 Å². The average molecular weight is 178 g/mol. The zero-order chi connectivity index (χ0) is 9.52. The van der Waals surface area contributed by atoms with Gasteiger partial charge in [-0.1, -0.05) is 12.2 Å². The largest absolute Gasteiger partial charge is 0.478 e. The van der Waals surface area contributed by atoms with Crippen LogP contribution in [0.1, 0.15) is 12.5 Å². The second kappa shape index (κ2) is 5.32. The van der Waals surface area contributed by atoms with Crippen molar-refractivity contribution in [3.05, 3.63) is 30.0 Å². The van der Waals surface area contributed by atoms with E-state index in [1.54, 1.807) is 6.20 Å². The molecule has 3 heteroatoms. The summed E-state index contributed by atoms with van der Waals surface area (Å²) in [6.07, 6.45) is 5.58. The first-order chi connectivity index (χ1) is 6.36. The topological polar surface area (TPSA) is 48.1 Å². The van der Waals surface area contributed by atoms with Gasteiger partial charge < -0.3 is 10.5 Å². The maximum Gasteiger partial charge on any atom is 0.213 e. The van der Waals surface area contributed by atoms with E-state index in [1.165, 1.54) is 0 Å². The molecule has 0 aliphatic carbocycles. The number of ether oxygens (including phenoxy) is 1. The highest BCUT2D eigenvalue weighted by atomic mass is 16.5. The molecule has 70 valence electrons. The molecule has 0 radical (unpaired) electrons. The van der Waals surface area contributed by atoms with Crippen LogP contribution < -0.4 is 10.5 Å². The first kappa shape index (κ1) is 9.74. The number of aromatic nitrogens is 1. The highest BCUT2D eigenvalue weighted by Crippen LogP contribution is 2.08. The highest BCUT2D eigenvalue weighted by molar-refractivity contribution is 5.48. The van der Waals surface area contributed by atoms with Crippen molar-refractivity contribution >= 4 is 6.08 Å². The molecule has 1 rings (SSSR count). The normalized spacial score (nSPS) is 10.6. The summed E-state index contributed by atoms with van der Waals surface area (Å²) in [7, 11) is 0. The molecule has 2 N–H and O–H groups in total. The van der Waals surface area contributed by atoms with Gasteiger partial charge in [0.15, 0.2) is 0 Å². The molecule has 1 aromatic rings. The van der Waals surface area contributed by atoms with Gasteiger partial charge in [-0.2, -0.15) is 0 Å². The first-order valence-corrected chi connectivity index (χ1v) is 4.32. The molecule has 0 saturated carbocycles. The summed E-state index contributed by atoms with van der Waals surface area (Å²) in [4.78, 5) is 4.11. The second-order valence-corrected chi connectivity index (χ2v) is 2.50. The molecule has 0 aliphatic heterocycles. The Kier molecular flexibility index (Phi) is 3.99. The van der Waals surface area contributed by atoms with Crippen LogP contribution >= 0.6 is 0 Å². The lowest BCUT2D eigenvalue weighted by atomic mass is 10.2. The number of rotatable bonds is 4. The second-order valence-electron chi connectivity index (χ2n) is 2.50. The van der Waals surface area contributed by atoms with Gasteiger partial charge in [0, 0.05) is 18.8 Å². The van der Waals surface area contributed by atoms with Crippen LogP contribution in [-0.4, -0.2) is 18.1 Å². The Labute approximate surface area is 78.2 Å². The van der Waals surface area contributed by atoms with Crippen LogP contribution in [0, 0.1) is 0 Å². The fourth-order valence-electron chi connectivity index (χ4n) is 0.928. The van der Waals surface area contributed by atoms with E-state index in [-0.39, 0.29) is 0 Å². The van der Waals surface area contributed by atoms with Crippen molar-refractivity contribution in [2.75, 3.05) is 13.2 Å². The lowest BCUT2D eigenvalue weighted by Gasteiger charge is -2.00. The molecule has 0 fully saturated rings. The average Bonchev–Trinajstić information content (AvgIpc) is 2.17.